The molecule has 0 unspecified atom stereocenters. The van der Waals surface area contributed by atoms with Crippen LogP contribution in [0.1, 0.15) is 35.0 Å². The highest BCUT2D eigenvalue weighted by molar-refractivity contribution is 5.88. The first-order valence-corrected chi connectivity index (χ1v) is 7.63. The molecule has 0 saturated heterocycles. The first-order valence-electron chi connectivity index (χ1n) is 7.63. The van der Waals surface area contributed by atoms with Gasteiger partial charge >= 0.3 is 5.97 Å². The second kappa shape index (κ2) is 8.14. The molecule has 2 N–H and O–H groups in total. The van der Waals surface area contributed by atoms with E-state index in [-0.39, 0.29) is 5.56 Å². The molecule has 0 saturated carbocycles. The van der Waals surface area contributed by atoms with Gasteiger partial charge in [0.25, 0.3) is 0 Å². The lowest BCUT2D eigenvalue weighted by Crippen LogP contribution is -2.10. The van der Waals surface area contributed by atoms with Crippen LogP contribution >= 0.6 is 0 Å². The molecular formula is C17H21N3O4. The fraction of sp³-hybridized carbons (Fsp3) is 0.353. The summed E-state index contributed by atoms with van der Waals surface area (Å²) in [5.41, 5.74) is 1.65. The lowest BCUT2D eigenvalue weighted by atomic mass is 10.1. The summed E-state index contributed by atoms with van der Waals surface area (Å²) in [6.07, 6.45) is 2.75. The highest BCUT2D eigenvalue weighted by Crippen LogP contribution is 2.27. The zero-order valence-electron chi connectivity index (χ0n) is 14.0. The van der Waals surface area contributed by atoms with Gasteiger partial charge in [-0.25, -0.2) is 14.8 Å². The van der Waals surface area contributed by atoms with Crippen LogP contribution in [0, 0.1) is 0 Å². The number of ether oxygens (including phenoxy) is 2. The van der Waals surface area contributed by atoms with E-state index in [0.717, 1.165) is 12.0 Å². The Balaban J connectivity index is 2.14. The molecule has 0 spiro atoms. The van der Waals surface area contributed by atoms with Crippen LogP contribution < -0.4 is 14.8 Å². The summed E-state index contributed by atoms with van der Waals surface area (Å²) < 4.78 is 10.5. The molecule has 7 heteroatoms. The predicted molar refractivity (Wildman–Crippen MR) is 89.9 cm³/mol. The van der Waals surface area contributed by atoms with Crippen LogP contribution in [-0.4, -0.2) is 35.3 Å². The third-order valence-corrected chi connectivity index (χ3v) is 3.48. The molecule has 0 aliphatic carbocycles. The van der Waals surface area contributed by atoms with Crippen molar-refractivity contribution in [3.63, 3.8) is 0 Å². The molecule has 0 aliphatic heterocycles. The lowest BCUT2D eigenvalue weighted by molar-refractivity contribution is 0.0694. The zero-order valence-corrected chi connectivity index (χ0v) is 14.0. The largest absolute Gasteiger partial charge is 0.493 e. The van der Waals surface area contributed by atoms with Crippen LogP contribution in [0.2, 0.25) is 0 Å². The number of rotatable bonds is 8. The maximum atomic E-state index is 11.2. The molecule has 0 atom stereocenters. The maximum Gasteiger partial charge on any atom is 0.339 e. The van der Waals surface area contributed by atoms with Gasteiger partial charge in [-0.15, -0.1) is 0 Å². The fourth-order valence-corrected chi connectivity index (χ4v) is 2.28. The SMILES string of the molecule is CCCc1nc(NCc2ccc(OC)c(OC)c2)ncc1C(=O)O. The summed E-state index contributed by atoms with van der Waals surface area (Å²) in [5.74, 6) is 0.697. The Morgan fingerprint density at radius 3 is 2.62 bits per heavy atom. The van der Waals surface area contributed by atoms with Crippen molar-refractivity contribution in [2.24, 2.45) is 0 Å². The summed E-state index contributed by atoms with van der Waals surface area (Å²) >= 11 is 0. The van der Waals surface area contributed by atoms with Gasteiger partial charge in [0.05, 0.1) is 25.5 Å². The first-order chi connectivity index (χ1) is 11.6. The Bertz CT molecular complexity index is 719. The predicted octanol–water partition coefficient (Wildman–Crippen LogP) is 2.76. The number of carboxylic acids is 1. The van der Waals surface area contributed by atoms with Gasteiger partial charge in [0.15, 0.2) is 11.5 Å². The number of methoxy groups -OCH3 is 2. The monoisotopic (exact) mass is 331 g/mol. The van der Waals surface area contributed by atoms with Gasteiger partial charge in [-0.05, 0) is 24.1 Å². The quantitative estimate of drug-likeness (QED) is 0.768. The number of anilines is 1. The molecule has 2 rings (SSSR count). The van der Waals surface area contributed by atoms with Crippen molar-refractivity contribution >= 4 is 11.9 Å². The Labute approximate surface area is 140 Å². The Hall–Kier alpha value is -2.83. The molecule has 0 aliphatic rings. The normalized spacial score (nSPS) is 10.3. The molecule has 24 heavy (non-hydrogen) atoms. The standard InChI is InChI=1S/C17H21N3O4/c1-4-5-13-12(16(21)22)10-19-17(20-13)18-9-11-6-7-14(23-2)15(8-11)24-3/h6-8,10H,4-5,9H2,1-3H3,(H,21,22)(H,18,19,20). The number of nitrogens with zero attached hydrogens (tertiary/aromatic N) is 2. The van der Waals surface area contributed by atoms with E-state index in [2.05, 4.69) is 15.3 Å². The smallest absolute Gasteiger partial charge is 0.339 e. The summed E-state index contributed by atoms with van der Waals surface area (Å²) in [4.78, 5) is 19.6. The fourth-order valence-electron chi connectivity index (χ4n) is 2.28. The third-order valence-electron chi connectivity index (χ3n) is 3.48. The number of aromatic carboxylic acids is 1. The molecule has 1 aromatic heterocycles. The van der Waals surface area contributed by atoms with Crippen molar-refractivity contribution in [2.45, 2.75) is 26.3 Å². The van der Waals surface area contributed by atoms with Gasteiger partial charge in [-0.2, -0.15) is 0 Å². The van der Waals surface area contributed by atoms with E-state index >= 15 is 0 Å². The number of aryl methyl sites for hydroxylation is 1. The minimum absolute atomic E-state index is 0.147. The summed E-state index contributed by atoms with van der Waals surface area (Å²) in [6, 6.07) is 5.60. The Kier molecular flexibility index (Phi) is 5.95. The zero-order chi connectivity index (χ0) is 17.5. The minimum Gasteiger partial charge on any atom is -0.493 e. The van der Waals surface area contributed by atoms with Gasteiger partial charge in [-0.1, -0.05) is 19.4 Å². The van der Waals surface area contributed by atoms with Gasteiger partial charge in [0.2, 0.25) is 5.95 Å². The van der Waals surface area contributed by atoms with Crippen LogP contribution in [0.4, 0.5) is 5.95 Å². The first kappa shape index (κ1) is 17.5. The highest BCUT2D eigenvalue weighted by atomic mass is 16.5. The van der Waals surface area contributed by atoms with E-state index in [4.69, 9.17) is 9.47 Å². The molecule has 0 amide bonds. The molecule has 7 nitrogen and oxygen atoms in total. The van der Waals surface area contributed by atoms with Crippen molar-refractivity contribution in [3.05, 3.63) is 41.2 Å². The number of nitrogens with one attached hydrogen (secondary N) is 1. The lowest BCUT2D eigenvalue weighted by Gasteiger charge is -2.11. The Morgan fingerprint density at radius 1 is 1.25 bits per heavy atom. The molecular weight excluding hydrogens is 310 g/mol. The van der Waals surface area contributed by atoms with E-state index in [1.165, 1.54) is 6.20 Å². The van der Waals surface area contributed by atoms with Crippen LogP contribution in [0.25, 0.3) is 0 Å². The molecule has 128 valence electrons. The Morgan fingerprint density at radius 2 is 2.00 bits per heavy atom. The van der Waals surface area contributed by atoms with E-state index < -0.39 is 5.97 Å². The van der Waals surface area contributed by atoms with Gasteiger partial charge in [0, 0.05) is 12.7 Å². The van der Waals surface area contributed by atoms with Crippen molar-refractivity contribution < 1.29 is 19.4 Å². The van der Waals surface area contributed by atoms with Crippen molar-refractivity contribution in [3.8, 4) is 11.5 Å². The molecule has 1 aromatic carbocycles. The molecule has 0 radical (unpaired) electrons. The van der Waals surface area contributed by atoms with E-state index in [1.54, 1.807) is 14.2 Å². The number of carbonyl (C=O) groups is 1. The van der Waals surface area contributed by atoms with Crippen LogP contribution in [0.15, 0.2) is 24.4 Å². The van der Waals surface area contributed by atoms with Crippen molar-refractivity contribution in [1.82, 2.24) is 9.97 Å². The number of hydrogen-bond acceptors (Lipinski definition) is 6. The van der Waals surface area contributed by atoms with E-state index in [9.17, 15) is 9.90 Å². The average Bonchev–Trinajstić information content (AvgIpc) is 2.59. The van der Waals surface area contributed by atoms with Crippen LogP contribution in [-0.2, 0) is 13.0 Å². The minimum atomic E-state index is -1.01. The van der Waals surface area contributed by atoms with E-state index in [1.807, 2.05) is 25.1 Å². The van der Waals surface area contributed by atoms with Crippen molar-refractivity contribution in [2.75, 3.05) is 19.5 Å². The second-order valence-electron chi connectivity index (χ2n) is 5.15. The van der Waals surface area contributed by atoms with Crippen LogP contribution in [0.5, 0.6) is 11.5 Å². The number of hydrogen-bond donors (Lipinski definition) is 2. The molecule has 1 heterocycles. The van der Waals surface area contributed by atoms with Gasteiger partial charge < -0.3 is 19.9 Å². The summed E-state index contributed by atoms with van der Waals surface area (Å²) in [5, 5.41) is 12.3. The van der Waals surface area contributed by atoms with E-state index in [0.29, 0.717) is 36.1 Å². The number of carboxylic acid groups (broad SMARTS) is 1. The highest BCUT2D eigenvalue weighted by Gasteiger charge is 2.13. The molecule has 2 aromatic rings. The van der Waals surface area contributed by atoms with Gasteiger partial charge in [0.1, 0.15) is 0 Å². The van der Waals surface area contributed by atoms with Gasteiger partial charge in [-0.3, -0.25) is 0 Å². The second-order valence-corrected chi connectivity index (χ2v) is 5.15. The number of aromatic nitrogens is 2. The van der Waals surface area contributed by atoms with Crippen LogP contribution in [0.3, 0.4) is 0 Å². The van der Waals surface area contributed by atoms with Crippen molar-refractivity contribution in [1.29, 1.82) is 0 Å². The molecule has 0 fully saturated rings. The molecule has 0 bridgehead atoms. The topological polar surface area (TPSA) is 93.6 Å². The number of benzene rings is 1. The summed E-state index contributed by atoms with van der Waals surface area (Å²) in [7, 11) is 3.17. The average molecular weight is 331 g/mol. The summed E-state index contributed by atoms with van der Waals surface area (Å²) in [6.45, 7) is 2.46. The maximum absolute atomic E-state index is 11.2. The third kappa shape index (κ3) is 4.13.